The number of amides is 2. The number of alkyl halides is 3. The summed E-state index contributed by atoms with van der Waals surface area (Å²) in [5.41, 5.74) is -0.445. The molecule has 3 fully saturated rings. The van der Waals surface area contributed by atoms with Gasteiger partial charge in [-0.2, -0.15) is 23.4 Å². The fourth-order valence-electron chi connectivity index (χ4n) is 6.13. The number of hydrogen-bond acceptors (Lipinski definition) is 8. The highest BCUT2D eigenvalue weighted by Gasteiger charge is 2.73. The molecule has 14 heteroatoms. The molecule has 41 heavy (non-hydrogen) atoms. The number of carboxylic acid groups (broad SMARTS) is 1. The zero-order valence-corrected chi connectivity index (χ0v) is 21.9. The predicted molar refractivity (Wildman–Crippen MR) is 135 cm³/mol. The highest BCUT2D eigenvalue weighted by Crippen LogP contribution is 2.62. The van der Waals surface area contributed by atoms with E-state index in [1.807, 2.05) is 31.2 Å². The van der Waals surface area contributed by atoms with Crippen molar-refractivity contribution in [1.29, 1.82) is 5.26 Å². The van der Waals surface area contributed by atoms with E-state index in [4.69, 9.17) is 19.4 Å². The summed E-state index contributed by atoms with van der Waals surface area (Å²) in [5.74, 6) is -3.71. The Morgan fingerprint density at radius 1 is 1.20 bits per heavy atom. The number of ether oxygens (including phenoxy) is 2. The van der Waals surface area contributed by atoms with E-state index in [9.17, 15) is 28.0 Å². The first-order chi connectivity index (χ1) is 19.3. The van der Waals surface area contributed by atoms with Crippen LogP contribution in [0.4, 0.5) is 18.9 Å². The van der Waals surface area contributed by atoms with E-state index < -0.39 is 35.2 Å². The molecule has 2 aromatic carbocycles. The zero-order valence-electron chi connectivity index (χ0n) is 21.9. The molecule has 4 atom stereocenters. The highest BCUT2D eigenvalue weighted by atomic mass is 19.4. The number of carboxylic acids is 1. The number of benzene rings is 2. The Morgan fingerprint density at radius 3 is 2.46 bits per heavy atom. The fraction of sp³-hybridized carbons (Fsp3) is 0.407. The quantitative estimate of drug-likeness (QED) is 0.436. The lowest BCUT2D eigenvalue weighted by Gasteiger charge is -2.30. The first-order valence-corrected chi connectivity index (χ1v) is 12.6. The molecule has 3 aliphatic heterocycles. The minimum Gasteiger partial charge on any atom is -0.475 e. The Balaban J connectivity index is 0.000000431. The summed E-state index contributed by atoms with van der Waals surface area (Å²) in [6, 6.07) is 13.2. The molecule has 2 bridgehead atoms. The lowest BCUT2D eigenvalue weighted by atomic mass is 9.67. The normalized spacial score (nSPS) is 26.5. The summed E-state index contributed by atoms with van der Waals surface area (Å²) in [6.45, 7) is 4.00. The van der Waals surface area contributed by atoms with Gasteiger partial charge in [0.15, 0.2) is 0 Å². The van der Waals surface area contributed by atoms with Crippen LogP contribution in [0.15, 0.2) is 36.4 Å². The molecule has 11 nitrogen and oxygen atoms in total. The Hall–Kier alpha value is -4.51. The van der Waals surface area contributed by atoms with Crippen LogP contribution in [0.2, 0.25) is 0 Å². The molecule has 4 heterocycles. The molecule has 3 aliphatic rings. The van der Waals surface area contributed by atoms with Crippen LogP contribution in [0.5, 0.6) is 6.01 Å². The molecule has 3 aromatic rings. The van der Waals surface area contributed by atoms with Gasteiger partial charge in [0, 0.05) is 17.2 Å². The number of carbonyl (C=O) groups is 3. The van der Waals surface area contributed by atoms with Crippen LogP contribution < -0.4 is 9.64 Å². The summed E-state index contributed by atoms with van der Waals surface area (Å²) in [6.07, 6.45) is -3.24. The molecule has 3 saturated heterocycles. The standard InChI is InChI=1S/C25H23N5O4.C2HF3O2/c1-14-27-23(29-28-14)33-12-11-25-10-9-24(2,34-25)19-20(25)22(32)30(21(19)31)18-8-7-15(13-26)16-5-3-4-6-17(16)18;3-2(4,5)1(6)7/h3-8,19-20H,9-12H2,1-2H3,(H,27,28,29);(H,6,7)/t19-,20+,24-,25-;/m1./s1. The molecular formula is C27H24F3N5O6. The maximum atomic E-state index is 13.9. The van der Waals surface area contributed by atoms with Crippen molar-refractivity contribution in [1.82, 2.24) is 15.2 Å². The summed E-state index contributed by atoms with van der Waals surface area (Å²) in [5, 5.41) is 24.8. The number of aliphatic carboxylic acids is 1. The summed E-state index contributed by atoms with van der Waals surface area (Å²) in [4.78, 5) is 42.0. The van der Waals surface area contributed by atoms with Crippen LogP contribution in [-0.2, 0) is 19.1 Å². The number of nitrogens with one attached hydrogen (secondary N) is 1. The summed E-state index contributed by atoms with van der Waals surface area (Å²) in [7, 11) is 0. The maximum Gasteiger partial charge on any atom is 0.490 e. The van der Waals surface area contributed by atoms with Crippen LogP contribution in [0, 0.1) is 30.1 Å². The molecule has 214 valence electrons. The van der Waals surface area contributed by atoms with Gasteiger partial charge in [0.1, 0.15) is 5.82 Å². The van der Waals surface area contributed by atoms with Gasteiger partial charge in [-0.05, 0) is 38.8 Å². The number of aromatic amines is 1. The lowest BCUT2D eigenvalue weighted by Crippen LogP contribution is -2.43. The maximum absolute atomic E-state index is 13.9. The summed E-state index contributed by atoms with van der Waals surface area (Å²) < 4.78 is 43.9. The van der Waals surface area contributed by atoms with Gasteiger partial charge in [-0.3, -0.25) is 14.7 Å². The molecule has 2 N–H and O–H groups in total. The van der Waals surface area contributed by atoms with Gasteiger partial charge < -0.3 is 14.6 Å². The number of fused-ring (bicyclic) bond motifs is 6. The van der Waals surface area contributed by atoms with Crippen molar-refractivity contribution in [2.75, 3.05) is 11.5 Å². The molecule has 0 spiro atoms. The van der Waals surface area contributed by atoms with Crippen LogP contribution in [0.3, 0.4) is 0 Å². The molecular weight excluding hydrogens is 547 g/mol. The minimum absolute atomic E-state index is 0.237. The highest BCUT2D eigenvalue weighted by molar-refractivity contribution is 6.26. The van der Waals surface area contributed by atoms with Crippen molar-refractivity contribution in [3.05, 3.63) is 47.8 Å². The van der Waals surface area contributed by atoms with Crippen LogP contribution in [-0.4, -0.2) is 62.1 Å². The van der Waals surface area contributed by atoms with Crippen molar-refractivity contribution in [3.63, 3.8) is 0 Å². The first-order valence-electron chi connectivity index (χ1n) is 12.6. The Kier molecular flexibility index (Phi) is 6.73. The number of halogens is 3. The Bertz CT molecular complexity index is 1600. The van der Waals surface area contributed by atoms with Gasteiger partial charge >= 0.3 is 18.2 Å². The third kappa shape index (κ3) is 4.65. The number of carbonyl (C=O) groups excluding carboxylic acids is 2. The molecule has 0 aliphatic carbocycles. The van der Waals surface area contributed by atoms with Crippen molar-refractivity contribution in [3.8, 4) is 12.1 Å². The van der Waals surface area contributed by atoms with E-state index in [-0.39, 0.29) is 24.4 Å². The van der Waals surface area contributed by atoms with Crippen molar-refractivity contribution < 1.29 is 42.1 Å². The molecule has 6 rings (SSSR count). The number of aromatic nitrogens is 3. The Morgan fingerprint density at radius 2 is 1.85 bits per heavy atom. The second-order valence-corrected chi connectivity index (χ2v) is 10.3. The molecule has 0 radical (unpaired) electrons. The zero-order chi connectivity index (χ0) is 29.7. The number of rotatable bonds is 5. The van der Waals surface area contributed by atoms with Gasteiger partial charge in [0.2, 0.25) is 11.8 Å². The fourth-order valence-corrected chi connectivity index (χ4v) is 6.13. The third-order valence-corrected chi connectivity index (χ3v) is 7.85. The average molecular weight is 572 g/mol. The minimum atomic E-state index is -5.08. The number of anilines is 1. The molecule has 0 unspecified atom stereocenters. The smallest absolute Gasteiger partial charge is 0.475 e. The van der Waals surface area contributed by atoms with Gasteiger partial charge in [-0.25, -0.2) is 9.69 Å². The van der Waals surface area contributed by atoms with Gasteiger partial charge in [-0.15, -0.1) is 5.10 Å². The number of imide groups is 1. The Labute approximate surface area is 230 Å². The average Bonchev–Trinajstić information content (AvgIpc) is 3.63. The van der Waals surface area contributed by atoms with E-state index in [1.165, 1.54) is 4.90 Å². The second kappa shape index (κ2) is 9.84. The van der Waals surface area contributed by atoms with Crippen molar-refractivity contribution in [2.45, 2.75) is 50.5 Å². The largest absolute Gasteiger partial charge is 0.490 e. The summed E-state index contributed by atoms with van der Waals surface area (Å²) >= 11 is 0. The van der Waals surface area contributed by atoms with E-state index >= 15 is 0 Å². The van der Waals surface area contributed by atoms with Gasteiger partial charge in [0.25, 0.3) is 0 Å². The van der Waals surface area contributed by atoms with Gasteiger partial charge in [-0.1, -0.05) is 24.3 Å². The number of nitriles is 1. The molecule has 1 aromatic heterocycles. The predicted octanol–water partition coefficient (Wildman–Crippen LogP) is 3.67. The third-order valence-electron chi connectivity index (χ3n) is 7.85. The van der Waals surface area contributed by atoms with Crippen LogP contribution >= 0.6 is 0 Å². The molecule has 2 amide bonds. The monoisotopic (exact) mass is 571 g/mol. The lowest BCUT2D eigenvalue weighted by molar-refractivity contribution is -0.192. The first kappa shape index (κ1) is 28.0. The number of hydrogen-bond donors (Lipinski definition) is 2. The van der Waals surface area contributed by atoms with E-state index in [1.54, 1.807) is 19.1 Å². The van der Waals surface area contributed by atoms with E-state index in [2.05, 4.69) is 21.3 Å². The second-order valence-electron chi connectivity index (χ2n) is 10.3. The van der Waals surface area contributed by atoms with Crippen LogP contribution in [0.25, 0.3) is 10.8 Å². The number of H-pyrrole nitrogens is 1. The SMILES string of the molecule is Cc1nc(OCC[C@@]23CC[C@@](C)(O2)[C@H]2C(=O)N(c4ccc(C#N)c5ccccc45)C(=O)[C@H]23)n[nH]1.O=C(O)C(F)(F)F. The van der Waals surface area contributed by atoms with Crippen molar-refractivity contribution >= 4 is 34.2 Å². The number of aryl methyl sites for hydroxylation is 1. The van der Waals surface area contributed by atoms with Crippen LogP contribution in [0.1, 0.15) is 37.6 Å². The topological polar surface area (TPSA) is 158 Å². The van der Waals surface area contributed by atoms with E-state index in [0.717, 1.165) is 5.39 Å². The van der Waals surface area contributed by atoms with Crippen molar-refractivity contribution in [2.24, 2.45) is 11.8 Å². The van der Waals surface area contributed by atoms with Gasteiger partial charge in [0.05, 0.1) is 47.0 Å². The van der Waals surface area contributed by atoms with E-state index in [0.29, 0.717) is 41.7 Å². The number of nitrogens with zero attached hydrogens (tertiary/aromatic N) is 4. The molecule has 0 saturated carbocycles.